The lowest BCUT2D eigenvalue weighted by molar-refractivity contribution is 0.436. The highest BCUT2D eigenvalue weighted by molar-refractivity contribution is 7.70. The van der Waals surface area contributed by atoms with Crippen LogP contribution in [-0.4, -0.2) is 26.7 Å². The van der Waals surface area contributed by atoms with E-state index in [1.165, 1.54) is 76.8 Å². The summed E-state index contributed by atoms with van der Waals surface area (Å²) in [6.07, 6.45) is 0. The van der Waals surface area contributed by atoms with Gasteiger partial charge in [-0.3, -0.25) is 0 Å². The molecule has 0 radical (unpaired) electrons. The van der Waals surface area contributed by atoms with Gasteiger partial charge in [0.2, 0.25) is 0 Å². The summed E-state index contributed by atoms with van der Waals surface area (Å²) in [7, 11) is -4.92. The molecule has 13 aromatic carbocycles. The van der Waals surface area contributed by atoms with Crippen molar-refractivity contribution < 1.29 is 13.9 Å². The van der Waals surface area contributed by atoms with E-state index in [0.29, 0.717) is 0 Å². The molecular formula is C75H54O3P2. The minimum absolute atomic E-state index is 0.664. The Labute approximate surface area is 466 Å². The average Bonchev–Trinajstić information content (AvgIpc) is 3.86. The number of hydrogen-bond acceptors (Lipinski definition) is 3. The Morgan fingerprint density at radius 1 is 0.287 bits per heavy atom. The first-order valence-electron chi connectivity index (χ1n) is 27.4. The van der Waals surface area contributed by atoms with Crippen molar-refractivity contribution >= 4 is 68.0 Å². The van der Waals surface area contributed by atoms with Gasteiger partial charge in [0.05, 0.1) is 5.41 Å². The minimum Gasteiger partial charge on any atom is -0.457 e. The summed E-state index contributed by atoms with van der Waals surface area (Å²) in [4.78, 5) is 0. The Morgan fingerprint density at radius 3 is 1.46 bits per heavy atom. The molecule has 0 bridgehead atoms. The second kappa shape index (κ2) is 18.1. The molecule has 382 valence electrons. The molecule has 1 aliphatic carbocycles. The molecule has 0 N–H and O–H groups in total. The predicted octanol–water partition coefficient (Wildman–Crippen LogP) is 19.6. The summed E-state index contributed by atoms with van der Waals surface area (Å²) in [5.74, 6) is 1.71. The van der Waals surface area contributed by atoms with Gasteiger partial charge in [0.25, 0.3) is 0 Å². The third-order valence-corrected chi connectivity index (χ3v) is 20.2. The van der Waals surface area contributed by atoms with Crippen LogP contribution in [0.25, 0.3) is 110 Å². The van der Waals surface area contributed by atoms with E-state index in [0.717, 1.165) is 77.4 Å². The fraction of sp³-hybridized carbons (Fsp3) is 0.0667. The maximum absolute atomic E-state index is 13.4. The Bertz CT molecular complexity index is 4820. The summed E-state index contributed by atoms with van der Waals surface area (Å²) in [6.45, 7) is 7.35. The molecule has 0 saturated heterocycles. The van der Waals surface area contributed by atoms with Gasteiger partial charge in [-0.1, -0.05) is 206 Å². The number of benzene rings is 13. The zero-order chi connectivity index (χ0) is 54.1. The lowest BCUT2D eigenvalue weighted by Gasteiger charge is -2.39. The molecule has 0 amide bonds. The predicted molar refractivity (Wildman–Crippen MR) is 339 cm³/mol. The van der Waals surface area contributed by atoms with E-state index in [9.17, 15) is 9.13 Å². The SMILES string of the molecule is CP(C)(=O)c1ccc(-c2ccc3c(c2)C2(c4ccccc4Oc4ccccc42)c2cccc(-c4ccc5cc(-c6c7ccccc7c(-c7ccc8ccccc8c7)c7ccc(-c8cccc(P(C)(C)=O)c8)cc67)ccc5c4)c2-3)cc1. The van der Waals surface area contributed by atoms with Crippen LogP contribution in [-0.2, 0) is 14.5 Å². The van der Waals surface area contributed by atoms with E-state index < -0.39 is 19.7 Å². The van der Waals surface area contributed by atoms with Crippen molar-refractivity contribution in [3.05, 3.63) is 277 Å². The fourth-order valence-electron chi connectivity index (χ4n) is 13.3. The van der Waals surface area contributed by atoms with Gasteiger partial charge in [0.1, 0.15) is 25.8 Å². The first kappa shape index (κ1) is 48.3. The maximum Gasteiger partial charge on any atom is 0.132 e. The van der Waals surface area contributed by atoms with E-state index in [4.69, 9.17) is 4.74 Å². The number of hydrogen-bond donors (Lipinski definition) is 0. The lowest BCUT2D eigenvalue weighted by atomic mass is 9.65. The highest BCUT2D eigenvalue weighted by Crippen LogP contribution is 2.64. The number of fused-ring (bicyclic) bond motifs is 13. The monoisotopic (exact) mass is 1060 g/mol. The normalized spacial score (nSPS) is 13.3. The Balaban J connectivity index is 0.916. The van der Waals surface area contributed by atoms with Crippen LogP contribution in [0.3, 0.4) is 0 Å². The third kappa shape index (κ3) is 7.56. The summed E-state index contributed by atoms with van der Waals surface area (Å²) in [5, 5.41) is 11.2. The van der Waals surface area contributed by atoms with Crippen molar-refractivity contribution in [1.82, 2.24) is 0 Å². The molecular weight excluding hydrogens is 1010 g/mol. The van der Waals surface area contributed by atoms with Crippen LogP contribution in [0, 0.1) is 0 Å². The zero-order valence-electron chi connectivity index (χ0n) is 44.9. The summed E-state index contributed by atoms with van der Waals surface area (Å²) < 4.78 is 33.3. The summed E-state index contributed by atoms with van der Waals surface area (Å²) in [6, 6.07) is 92.6. The van der Waals surface area contributed by atoms with E-state index in [1.54, 1.807) is 0 Å². The topological polar surface area (TPSA) is 43.4 Å². The van der Waals surface area contributed by atoms with E-state index in [-0.39, 0.29) is 0 Å². The largest absolute Gasteiger partial charge is 0.457 e. The van der Waals surface area contributed by atoms with E-state index in [2.05, 4.69) is 231 Å². The van der Waals surface area contributed by atoms with Gasteiger partial charge < -0.3 is 13.9 Å². The van der Waals surface area contributed by atoms with Gasteiger partial charge in [-0.15, -0.1) is 0 Å². The Kier molecular flexibility index (Phi) is 10.9. The van der Waals surface area contributed by atoms with Crippen molar-refractivity contribution in [2.75, 3.05) is 26.7 Å². The van der Waals surface area contributed by atoms with Gasteiger partial charge in [0.15, 0.2) is 0 Å². The van der Waals surface area contributed by atoms with Crippen LogP contribution in [0.5, 0.6) is 11.5 Å². The molecule has 0 aromatic heterocycles. The van der Waals surface area contributed by atoms with Gasteiger partial charge in [-0.25, -0.2) is 0 Å². The Hall–Kier alpha value is -8.84. The van der Waals surface area contributed by atoms with Crippen LogP contribution in [0.1, 0.15) is 22.3 Å². The van der Waals surface area contributed by atoms with Crippen LogP contribution in [0.2, 0.25) is 0 Å². The molecule has 5 heteroatoms. The Morgan fingerprint density at radius 2 is 0.775 bits per heavy atom. The molecule has 13 aromatic rings. The molecule has 0 atom stereocenters. The molecule has 0 fully saturated rings. The van der Waals surface area contributed by atoms with Crippen LogP contribution in [0.15, 0.2) is 255 Å². The quantitative estimate of drug-likeness (QED) is 0.118. The molecule has 1 aliphatic heterocycles. The van der Waals surface area contributed by atoms with Crippen LogP contribution in [0.4, 0.5) is 0 Å². The number of rotatable bonds is 7. The smallest absolute Gasteiger partial charge is 0.132 e. The third-order valence-electron chi connectivity index (χ3n) is 17.1. The molecule has 15 rings (SSSR count). The van der Waals surface area contributed by atoms with Gasteiger partial charge >= 0.3 is 0 Å². The first-order valence-corrected chi connectivity index (χ1v) is 32.6. The van der Waals surface area contributed by atoms with Crippen molar-refractivity contribution in [2.45, 2.75) is 5.41 Å². The maximum atomic E-state index is 13.4. The van der Waals surface area contributed by atoms with Crippen molar-refractivity contribution in [3.63, 3.8) is 0 Å². The summed E-state index contributed by atoms with van der Waals surface area (Å²) in [5.41, 5.74) is 17.8. The average molecular weight is 1070 g/mol. The second-order valence-electron chi connectivity index (χ2n) is 22.5. The molecule has 2 aliphatic rings. The van der Waals surface area contributed by atoms with Gasteiger partial charge in [-0.05, 0) is 196 Å². The molecule has 1 heterocycles. The summed E-state index contributed by atoms with van der Waals surface area (Å²) >= 11 is 0. The minimum atomic E-state index is -2.50. The van der Waals surface area contributed by atoms with Gasteiger partial charge in [-0.2, -0.15) is 0 Å². The van der Waals surface area contributed by atoms with Crippen molar-refractivity contribution in [3.8, 4) is 78.3 Å². The number of ether oxygens (including phenoxy) is 1. The van der Waals surface area contributed by atoms with Crippen molar-refractivity contribution in [2.24, 2.45) is 0 Å². The molecule has 0 unspecified atom stereocenters. The molecule has 0 saturated carbocycles. The highest BCUT2D eigenvalue weighted by Gasteiger charge is 2.51. The standard InChI is InChI=1S/C75H54O3P2/c1-79(2,76)58-37-33-48(34-38-58)54-36-40-64-69(46-54)75(66-22-9-11-25-70(66)78-71-26-12-10-23-67(71)75)68-24-14-21-60(74(64)68)55-30-28-52-43-57(32-29-51(52)41-55)73-62-20-8-7-19-61(62)72(56-31-27-47-15-5-6-16-49(47)42-56)63-39-35-53(45-65(63)73)50-17-13-18-59(44-50)80(3,4)77/h5-46H,1-4H3. The lowest BCUT2D eigenvalue weighted by Crippen LogP contribution is -2.32. The van der Waals surface area contributed by atoms with Gasteiger partial charge in [0, 0.05) is 21.7 Å². The molecule has 1 spiro atoms. The van der Waals surface area contributed by atoms with Crippen LogP contribution >= 0.6 is 14.3 Å². The van der Waals surface area contributed by atoms with E-state index >= 15 is 0 Å². The fourth-order valence-corrected chi connectivity index (χ4v) is 15.1. The molecule has 80 heavy (non-hydrogen) atoms. The first-order chi connectivity index (χ1) is 38.9. The molecule has 3 nitrogen and oxygen atoms in total. The second-order valence-corrected chi connectivity index (χ2v) is 29.0. The zero-order valence-corrected chi connectivity index (χ0v) is 46.7. The van der Waals surface area contributed by atoms with Crippen molar-refractivity contribution in [1.29, 1.82) is 0 Å². The van der Waals surface area contributed by atoms with Crippen LogP contribution < -0.4 is 15.3 Å². The highest BCUT2D eigenvalue weighted by atomic mass is 31.2. The van der Waals surface area contributed by atoms with E-state index in [1.807, 2.05) is 50.9 Å². The number of para-hydroxylation sites is 2.